The maximum Gasteiger partial charge on any atom is 0.255 e. The van der Waals surface area contributed by atoms with E-state index in [-0.39, 0.29) is 5.91 Å². The van der Waals surface area contributed by atoms with Gasteiger partial charge in [0, 0.05) is 11.1 Å². The molecule has 1 aromatic carbocycles. The summed E-state index contributed by atoms with van der Waals surface area (Å²) >= 11 is 5.96. The number of nitrogens with zero attached hydrogens (tertiary/aromatic N) is 2. The summed E-state index contributed by atoms with van der Waals surface area (Å²) in [7, 11) is 0. The van der Waals surface area contributed by atoms with E-state index in [2.05, 4.69) is 17.3 Å². The van der Waals surface area contributed by atoms with Gasteiger partial charge >= 0.3 is 0 Å². The van der Waals surface area contributed by atoms with Crippen LogP contribution in [0.2, 0.25) is 5.02 Å². The average molecular weight is 318 g/mol. The van der Waals surface area contributed by atoms with Crippen molar-refractivity contribution in [2.75, 3.05) is 0 Å². The van der Waals surface area contributed by atoms with Gasteiger partial charge in [-0.15, -0.1) is 0 Å². The Hall–Kier alpha value is -1.81. The van der Waals surface area contributed by atoms with Gasteiger partial charge in [-0.05, 0) is 49.9 Å². The molecule has 3 rings (SSSR count). The van der Waals surface area contributed by atoms with Crippen LogP contribution in [0.4, 0.5) is 0 Å². The van der Waals surface area contributed by atoms with Crippen LogP contribution in [0, 0.1) is 0 Å². The average Bonchev–Trinajstić information content (AvgIpc) is 3.25. The number of rotatable bonds is 5. The van der Waals surface area contributed by atoms with Crippen molar-refractivity contribution in [3.05, 3.63) is 46.2 Å². The fourth-order valence-corrected chi connectivity index (χ4v) is 2.75. The van der Waals surface area contributed by atoms with E-state index >= 15 is 0 Å². The highest BCUT2D eigenvalue weighted by Crippen LogP contribution is 2.24. The maximum absolute atomic E-state index is 12.6. The SMILES string of the molecule is CCc1nn(-c2ccc(Cl)cc2)c(CC)c1C(=O)NC1CC1. The van der Waals surface area contributed by atoms with Gasteiger partial charge < -0.3 is 5.32 Å². The standard InChI is InChI=1S/C17H20ClN3O/c1-3-14-16(17(22)19-12-7-8-12)15(4-2)21(20-14)13-9-5-11(18)6-10-13/h5-6,9-10,12H,3-4,7-8H2,1-2H3,(H,19,22). The van der Waals surface area contributed by atoms with Crippen LogP contribution in [0.25, 0.3) is 5.69 Å². The van der Waals surface area contributed by atoms with Crippen molar-refractivity contribution in [3.63, 3.8) is 0 Å². The highest BCUT2D eigenvalue weighted by Gasteiger charge is 2.28. The molecule has 0 unspecified atom stereocenters. The zero-order chi connectivity index (χ0) is 15.7. The summed E-state index contributed by atoms with van der Waals surface area (Å²) in [6, 6.07) is 7.88. The van der Waals surface area contributed by atoms with Crippen LogP contribution in [0.3, 0.4) is 0 Å². The normalized spacial score (nSPS) is 14.1. The largest absolute Gasteiger partial charge is 0.349 e. The first-order valence-corrected chi connectivity index (χ1v) is 8.19. The number of halogens is 1. The molecule has 2 aromatic rings. The molecule has 1 saturated carbocycles. The van der Waals surface area contributed by atoms with Gasteiger partial charge in [-0.2, -0.15) is 5.10 Å². The molecule has 0 aliphatic heterocycles. The lowest BCUT2D eigenvalue weighted by Gasteiger charge is -2.08. The topological polar surface area (TPSA) is 46.9 Å². The van der Waals surface area contributed by atoms with Crippen LogP contribution in [0.5, 0.6) is 0 Å². The maximum atomic E-state index is 12.6. The third-order valence-corrected chi connectivity index (χ3v) is 4.19. The van der Waals surface area contributed by atoms with Crippen molar-refractivity contribution in [1.29, 1.82) is 0 Å². The van der Waals surface area contributed by atoms with Crippen LogP contribution in [0.1, 0.15) is 48.4 Å². The third kappa shape index (κ3) is 2.88. The lowest BCUT2D eigenvalue weighted by Crippen LogP contribution is -2.27. The monoisotopic (exact) mass is 317 g/mol. The van der Waals surface area contributed by atoms with Crippen molar-refractivity contribution in [2.24, 2.45) is 0 Å². The summed E-state index contributed by atoms with van der Waals surface area (Å²) in [5, 5.41) is 8.43. The second kappa shape index (κ2) is 6.13. The molecule has 1 amide bonds. The number of aryl methyl sites for hydroxylation is 1. The van der Waals surface area contributed by atoms with Crippen LogP contribution < -0.4 is 5.32 Å². The Labute approximate surface area is 135 Å². The van der Waals surface area contributed by atoms with Crippen molar-refractivity contribution < 1.29 is 4.79 Å². The Kier molecular flexibility index (Phi) is 4.21. The molecule has 1 fully saturated rings. The zero-order valence-corrected chi connectivity index (χ0v) is 13.7. The number of nitrogens with one attached hydrogen (secondary N) is 1. The molecule has 1 aromatic heterocycles. The van der Waals surface area contributed by atoms with Gasteiger partial charge in [0.25, 0.3) is 5.91 Å². The summed E-state index contributed by atoms with van der Waals surface area (Å²) in [4.78, 5) is 12.6. The fraction of sp³-hybridized carbons (Fsp3) is 0.412. The van der Waals surface area contributed by atoms with Gasteiger partial charge in [-0.25, -0.2) is 4.68 Å². The summed E-state index contributed by atoms with van der Waals surface area (Å²) < 4.78 is 1.87. The second-order valence-electron chi connectivity index (χ2n) is 5.61. The molecule has 0 bridgehead atoms. The second-order valence-corrected chi connectivity index (χ2v) is 6.05. The minimum atomic E-state index is 0.0106. The molecule has 1 aliphatic rings. The van der Waals surface area contributed by atoms with Gasteiger partial charge in [0.05, 0.1) is 22.6 Å². The lowest BCUT2D eigenvalue weighted by molar-refractivity contribution is 0.0949. The quantitative estimate of drug-likeness (QED) is 0.916. The molecule has 1 N–H and O–H groups in total. The summed E-state index contributed by atoms with van der Waals surface area (Å²) in [5.41, 5.74) is 3.48. The molecule has 1 aliphatic carbocycles. The highest BCUT2D eigenvalue weighted by atomic mass is 35.5. The van der Waals surface area contributed by atoms with Crippen LogP contribution in [-0.4, -0.2) is 21.7 Å². The van der Waals surface area contributed by atoms with Crippen LogP contribution in [0.15, 0.2) is 24.3 Å². The third-order valence-electron chi connectivity index (χ3n) is 3.93. The molecule has 0 atom stereocenters. The van der Waals surface area contributed by atoms with Crippen LogP contribution in [-0.2, 0) is 12.8 Å². The van der Waals surface area contributed by atoms with E-state index in [9.17, 15) is 4.79 Å². The number of hydrogen-bond acceptors (Lipinski definition) is 2. The van der Waals surface area contributed by atoms with Crippen molar-refractivity contribution in [2.45, 2.75) is 45.6 Å². The Morgan fingerprint density at radius 1 is 1.27 bits per heavy atom. The first kappa shape index (κ1) is 15.1. The number of carbonyl (C=O) groups is 1. The Bertz CT molecular complexity index is 687. The van der Waals surface area contributed by atoms with E-state index in [1.807, 2.05) is 35.9 Å². The zero-order valence-electron chi connectivity index (χ0n) is 12.9. The number of aromatic nitrogens is 2. The Balaban J connectivity index is 2.04. The van der Waals surface area contributed by atoms with Gasteiger partial charge in [-0.1, -0.05) is 25.4 Å². The van der Waals surface area contributed by atoms with E-state index in [1.165, 1.54) is 0 Å². The highest BCUT2D eigenvalue weighted by molar-refractivity contribution is 6.30. The van der Waals surface area contributed by atoms with Gasteiger partial charge in [0.2, 0.25) is 0 Å². The predicted molar refractivity (Wildman–Crippen MR) is 87.8 cm³/mol. The number of carbonyl (C=O) groups excluding carboxylic acids is 1. The minimum Gasteiger partial charge on any atom is -0.349 e. The number of benzene rings is 1. The minimum absolute atomic E-state index is 0.0106. The van der Waals surface area contributed by atoms with E-state index < -0.39 is 0 Å². The van der Waals surface area contributed by atoms with E-state index in [4.69, 9.17) is 11.6 Å². The summed E-state index contributed by atoms with van der Waals surface area (Å²) in [5.74, 6) is 0.0106. The van der Waals surface area contributed by atoms with Gasteiger partial charge in [0.15, 0.2) is 0 Å². The van der Waals surface area contributed by atoms with Gasteiger partial charge in [0.1, 0.15) is 0 Å². The van der Waals surface area contributed by atoms with E-state index in [1.54, 1.807) is 0 Å². The molecule has 5 heteroatoms. The van der Waals surface area contributed by atoms with Crippen molar-refractivity contribution in [3.8, 4) is 5.69 Å². The molecule has 1 heterocycles. The molecular formula is C17H20ClN3O. The van der Waals surface area contributed by atoms with Gasteiger partial charge in [-0.3, -0.25) is 4.79 Å². The van der Waals surface area contributed by atoms with E-state index in [0.29, 0.717) is 11.1 Å². The van der Waals surface area contributed by atoms with Crippen LogP contribution >= 0.6 is 11.6 Å². The first-order valence-electron chi connectivity index (χ1n) is 7.81. The van der Waals surface area contributed by atoms with Crippen molar-refractivity contribution >= 4 is 17.5 Å². The molecule has 116 valence electrons. The number of hydrogen-bond donors (Lipinski definition) is 1. The van der Waals surface area contributed by atoms with E-state index in [0.717, 1.165) is 48.3 Å². The molecular weight excluding hydrogens is 298 g/mol. The van der Waals surface area contributed by atoms with Crippen molar-refractivity contribution in [1.82, 2.24) is 15.1 Å². The molecule has 0 saturated heterocycles. The first-order chi connectivity index (χ1) is 10.6. The summed E-state index contributed by atoms with van der Waals surface area (Å²) in [6.07, 6.45) is 3.66. The summed E-state index contributed by atoms with van der Waals surface area (Å²) in [6.45, 7) is 4.08. The molecule has 0 spiro atoms. The lowest BCUT2D eigenvalue weighted by atomic mass is 10.1. The number of amides is 1. The molecule has 22 heavy (non-hydrogen) atoms. The smallest absolute Gasteiger partial charge is 0.255 e. The molecule has 4 nitrogen and oxygen atoms in total. The molecule has 0 radical (unpaired) electrons. The predicted octanol–water partition coefficient (Wildman–Crippen LogP) is 3.54. The Morgan fingerprint density at radius 2 is 1.95 bits per heavy atom. The fourth-order valence-electron chi connectivity index (χ4n) is 2.62. The Morgan fingerprint density at radius 3 is 2.50 bits per heavy atom.